The lowest BCUT2D eigenvalue weighted by Gasteiger charge is -2.28. The molecular formula is C17H26N2O. The summed E-state index contributed by atoms with van der Waals surface area (Å²) < 4.78 is 0. The zero-order chi connectivity index (χ0) is 14.7. The molecule has 20 heavy (non-hydrogen) atoms. The third-order valence-electron chi connectivity index (χ3n) is 3.81. The molecular weight excluding hydrogens is 248 g/mol. The van der Waals surface area contributed by atoms with E-state index in [0.717, 1.165) is 6.67 Å². The second-order valence-electron chi connectivity index (χ2n) is 6.04. The van der Waals surface area contributed by atoms with E-state index in [-0.39, 0.29) is 6.61 Å². The molecule has 0 saturated heterocycles. The fourth-order valence-electron chi connectivity index (χ4n) is 2.73. The Balaban J connectivity index is 2.37. The van der Waals surface area contributed by atoms with Crippen molar-refractivity contribution in [3.05, 3.63) is 41.7 Å². The largest absolute Gasteiger partial charge is 0.395 e. The molecule has 110 valence electrons. The summed E-state index contributed by atoms with van der Waals surface area (Å²) in [5, 5.41) is 9.08. The van der Waals surface area contributed by atoms with Crippen LogP contribution in [-0.4, -0.2) is 29.8 Å². The molecule has 0 atom stereocenters. The molecule has 1 N–H and O–H groups in total. The van der Waals surface area contributed by atoms with Crippen LogP contribution in [0.4, 0.5) is 5.69 Å². The maximum absolute atomic E-state index is 9.08. The molecule has 0 fully saturated rings. The molecule has 1 heterocycles. The van der Waals surface area contributed by atoms with Gasteiger partial charge in [-0.1, -0.05) is 45.9 Å². The Kier molecular flexibility index (Phi) is 4.71. The highest BCUT2D eigenvalue weighted by molar-refractivity contribution is 5.64. The lowest BCUT2D eigenvalue weighted by atomic mass is 9.92. The van der Waals surface area contributed by atoms with Gasteiger partial charge in [-0.2, -0.15) is 0 Å². The normalized spacial score (nSPS) is 14.9. The molecule has 1 aromatic carbocycles. The van der Waals surface area contributed by atoms with Crippen LogP contribution in [0.3, 0.4) is 0 Å². The first kappa shape index (κ1) is 14.9. The van der Waals surface area contributed by atoms with Gasteiger partial charge in [-0.25, -0.2) is 0 Å². The molecule has 0 saturated carbocycles. The summed E-state index contributed by atoms with van der Waals surface area (Å²) in [4.78, 5) is 4.45. The zero-order valence-corrected chi connectivity index (χ0v) is 13.0. The zero-order valence-electron chi connectivity index (χ0n) is 13.0. The monoisotopic (exact) mass is 274 g/mol. The summed E-state index contributed by atoms with van der Waals surface area (Å²) in [6.45, 7) is 10.7. The predicted octanol–water partition coefficient (Wildman–Crippen LogP) is 3.48. The lowest BCUT2D eigenvalue weighted by molar-refractivity contribution is 0.244. The molecule has 3 heteroatoms. The molecule has 0 aliphatic carbocycles. The Bertz CT molecular complexity index is 454. The predicted molar refractivity (Wildman–Crippen MR) is 84.9 cm³/mol. The minimum atomic E-state index is 0.195. The van der Waals surface area contributed by atoms with Crippen LogP contribution in [0.2, 0.25) is 0 Å². The summed E-state index contributed by atoms with van der Waals surface area (Å²) >= 11 is 0. The average molecular weight is 274 g/mol. The maximum Gasteiger partial charge on any atom is 0.0943 e. The molecule has 2 rings (SSSR count). The molecule has 0 unspecified atom stereocenters. The van der Waals surface area contributed by atoms with E-state index in [1.807, 2.05) is 0 Å². The number of hydrogen-bond donors (Lipinski definition) is 1. The van der Waals surface area contributed by atoms with Gasteiger partial charge in [-0.05, 0) is 23.0 Å². The standard InChI is InChI=1S/C17H26N2O/c1-13(2)15-6-5-7-16(14(3)4)17(15)19-9-8-18(12-19)10-11-20/h5-9,13-14,20H,10-12H2,1-4H3. The lowest BCUT2D eigenvalue weighted by Crippen LogP contribution is -2.28. The van der Waals surface area contributed by atoms with E-state index in [1.54, 1.807) is 0 Å². The highest BCUT2D eigenvalue weighted by atomic mass is 16.3. The van der Waals surface area contributed by atoms with E-state index in [9.17, 15) is 0 Å². The van der Waals surface area contributed by atoms with Gasteiger partial charge < -0.3 is 14.9 Å². The molecule has 1 aromatic rings. The van der Waals surface area contributed by atoms with Crippen LogP contribution in [0, 0.1) is 0 Å². The van der Waals surface area contributed by atoms with Gasteiger partial charge in [0.15, 0.2) is 0 Å². The fraction of sp³-hybridized carbons (Fsp3) is 0.529. The van der Waals surface area contributed by atoms with Gasteiger partial charge in [0, 0.05) is 24.6 Å². The minimum absolute atomic E-state index is 0.195. The van der Waals surface area contributed by atoms with Crippen LogP contribution >= 0.6 is 0 Å². The van der Waals surface area contributed by atoms with E-state index in [0.29, 0.717) is 18.4 Å². The molecule has 0 aromatic heterocycles. The second kappa shape index (κ2) is 6.31. The van der Waals surface area contributed by atoms with Crippen molar-refractivity contribution in [2.75, 3.05) is 24.7 Å². The second-order valence-corrected chi connectivity index (χ2v) is 6.04. The van der Waals surface area contributed by atoms with Crippen molar-refractivity contribution in [2.45, 2.75) is 39.5 Å². The van der Waals surface area contributed by atoms with Crippen molar-refractivity contribution in [2.24, 2.45) is 0 Å². The molecule has 0 radical (unpaired) electrons. The van der Waals surface area contributed by atoms with Crippen LogP contribution in [0.25, 0.3) is 0 Å². The number of rotatable bonds is 5. The van der Waals surface area contributed by atoms with Gasteiger partial charge >= 0.3 is 0 Å². The van der Waals surface area contributed by atoms with Crippen LogP contribution < -0.4 is 4.90 Å². The highest BCUT2D eigenvalue weighted by Crippen LogP contribution is 2.36. The van der Waals surface area contributed by atoms with E-state index in [2.05, 4.69) is 68.1 Å². The Morgan fingerprint density at radius 1 is 1.05 bits per heavy atom. The smallest absolute Gasteiger partial charge is 0.0943 e. The van der Waals surface area contributed by atoms with E-state index < -0.39 is 0 Å². The van der Waals surface area contributed by atoms with E-state index in [4.69, 9.17) is 5.11 Å². The number of benzene rings is 1. The maximum atomic E-state index is 9.08. The quantitative estimate of drug-likeness (QED) is 0.890. The third-order valence-corrected chi connectivity index (χ3v) is 3.81. The molecule has 3 nitrogen and oxygen atoms in total. The summed E-state index contributed by atoms with van der Waals surface area (Å²) in [5.74, 6) is 1.01. The van der Waals surface area contributed by atoms with Gasteiger partial charge in [-0.3, -0.25) is 0 Å². The van der Waals surface area contributed by atoms with E-state index in [1.165, 1.54) is 16.8 Å². The fourth-order valence-corrected chi connectivity index (χ4v) is 2.73. The van der Waals surface area contributed by atoms with Crippen molar-refractivity contribution < 1.29 is 5.11 Å². The number of nitrogens with zero attached hydrogens (tertiary/aromatic N) is 2. The summed E-state index contributed by atoms with van der Waals surface area (Å²) in [5.41, 5.74) is 4.13. The number of β-amino-alcohol motifs (C(OH)–C–C–N with tert-alkyl or cyclic N) is 1. The first-order valence-corrected chi connectivity index (χ1v) is 7.47. The number of anilines is 1. The van der Waals surface area contributed by atoms with Gasteiger partial charge in [0.2, 0.25) is 0 Å². The van der Waals surface area contributed by atoms with Crippen LogP contribution in [0.15, 0.2) is 30.6 Å². The van der Waals surface area contributed by atoms with Crippen molar-refractivity contribution in [1.82, 2.24) is 4.90 Å². The Hall–Kier alpha value is -1.48. The Labute approximate surface area is 122 Å². The average Bonchev–Trinajstić information content (AvgIpc) is 2.86. The molecule has 0 bridgehead atoms. The Morgan fingerprint density at radius 2 is 1.65 bits per heavy atom. The first-order valence-electron chi connectivity index (χ1n) is 7.47. The van der Waals surface area contributed by atoms with Crippen molar-refractivity contribution >= 4 is 5.69 Å². The van der Waals surface area contributed by atoms with Crippen molar-refractivity contribution in [3.63, 3.8) is 0 Å². The Morgan fingerprint density at radius 3 is 2.15 bits per heavy atom. The van der Waals surface area contributed by atoms with Crippen LogP contribution in [0.1, 0.15) is 50.7 Å². The number of para-hydroxylation sites is 1. The van der Waals surface area contributed by atoms with Crippen molar-refractivity contribution in [3.8, 4) is 0 Å². The molecule has 1 aliphatic heterocycles. The number of aliphatic hydroxyl groups is 1. The van der Waals surface area contributed by atoms with Gasteiger partial charge in [0.25, 0.3) is 0 Å². The minimum Gasteiger partial charge on any atom is -0.395 e. The SMILES string of the molecule is CC(C)c1cccc(C(C)C)c1N1C=CN(CCO)C1. The highest BCUT2D eigenvalue weighted by Gasteiger charge is 2.21. The number of hydrogen-bond acceptors (Lipinski definition) is 3. The molecule has 0 amide bonds. The van der Waals surface area contributed by atoms with E-state index >= 15 is 0 Å². The summed E-state index contributed by atoms with van der Waals surface area (Å²) in [7, 11) is 0. The summed E-state index contributed by atoms with van der Waals surface area (Å²) in [6.07, 6.45) is 4.19. The van der Waals surface area contributed by atoms with Crippen LogP contribution in [-0.2, 0) is 0 Å². The van der Waals surface area contributed by atoms with Crippen LogP contribution in [0.5, 0.6) is 0 Å². The van der Waals surface area contributed by atoms with Crippen molar-refractivity contribution in [1.29, 1.82) is 0 Å². The first-order chi connectivity index (χ1) is 9.54. The van der Waals surface area contributed by atoms with Gasteiger partial charge in [0.1, 0.15) is 0 Å². The van der Waals surface area contributed by atoms with Gasteiger partial charge in [0.05, 0.1) is 13.3 Å². The molecule has 0 spiro atoms. The van der Waals surface area contributed by atoms with Gasteiger partial charge in [-0.15, -0.1) is 0 Å². The third kappa shape index (κ3) is 2.98. The molecule has 1 aliphatic rings. The topological polar surface area (TPSA) is 26.7 Å². The summed E-state index contributed by atoms with van der Waals surface area (Å²) in [6, 6.07) is 6.63. The number of aliphatic hydroxyl groups excluding tert-OH is 1.